The lowest BCUT2D eigenvalue weighted by atomic mass is 10.2. The smallest absolute Gasteiger partial charge is 0.326 e. The first-order valence-corrected chi connectivity index (χ1v) is 10.8. The van der Waals surface area contributed by atoms with Gasteiger partial charge in [0.25, 0.3) is 0 Å². The number of hydrogen-bond acceptors (Lipinski definition) is 4. The molecule has 2 aromatic carbocycles. The molecule has 162 valence electrons. The van der Waals surface area contributed by atoms with Crippen LogP contribution in [0.15, 0.2) is 42.5 Å². The van der Waals surface area contributed by atoms with Crippen LogP contribution >= 0.6 is 11.6 Å². The molecular formula is C23H26ClN5O2. The molecule has 0 aliphatic carbocycles. The average Bonchev–Trinajstić information content (AvgIpc) is 3.00. The van der Waals surface area contributed by atoms with E-state index >= 15 is 0 Å². The van der Waals surface area contributed by atoms with Gasteiger partial charge in [-0.05, 0) is 55.7 Å². The van der Waals surface area contributed by atoms with E-state index in [9.17, 15) is 4.79 Å². The van der Waals surface area contributed by atoms with Gasteiger partial charge in [0.15, 0.2) is 5.82 Å². The second-order valence-electron chi connectivity index (χ2n) is 7.68. The van der Waals surface area contributed by atoms with Crippen LogP contribution in [0.2, 0.25) is 5.02 Å². The Morgan fingerprint density at radius 1 is 1.23 bits per heavy atom. The van der Waals surface area contributed by atoms with Crippen LogP contribution in [0.5, 0.6) is 5.75 Å². The molecule has 0 atom stereocenters. The Balaban J connectivity index is 1.63. The highest BCUT2D eigenvalue weighted by Gasteiger charge is 2.22. The Kier molecular flexibility index (Phi) is 6.42. The lowest BCUT2D eigenvalue weighted by Crippen LogP contribution is -2.35. The average molecular weight is 440 g/mol. The molecule has 3 aromatic rings. The van der Waals surface area contributed by atoms with E-state index in [1.165, 1.54) is 6.42 Å². The van der Waals surface area contributed by atoms with Crippen molar-refractivity contribution >= 4 is 29.0 Å². The Bertz CT molecular complexity index is 1060. The van der Waals surface area contributed by atoms with Gasteiger partial charge in [-0.25, -0.2) is 14.5 Å². The van der Waals surface area contributed by atoms with E-state index in [1.807, 2.05) is 41.9 Å². The highest BCUT2D eigenvalue weighted by molar-refractivity contribution is 6.32. The molecule has 1 aliphatic rings. The molecule has 8 heteroatoms. The molecule has 0 saturated heterocycles. The third-order valence-electron chi connectivity index (χ3n) is 5.32. The number of anilines is 2. The number of benzene rings is 2. The minimum absolute atomic E-state index is 0.236. The van der Waals surface area contributed by atoms with Crippen LogP contribution in [-0.2, 0) is 19.5 Å². The van der Waals surface area contributed by atoms with Crippen LogP contribution in [0.25, 0.3) is 0 Å². The van der Waals surface area contributed by atoms with Gasteiger partial charge in [0.1, 0.15) is 11.6 Å². The van der Waals surface area contributed by atoms with Gasteiger partial charge in [-0.3, -0.25) is 4.90 Å². The number of amides is 2. The summed E-state index contributed by atoms with van der Waals surface area (Å²) in [6, 6.07) is 12.7. The van der Waals surface area contributed by atoms with Crippen LogP contribution in [0, 0.1) is 6.92 Å². The van der Waals surface area contributed by atoms with Gasteiger partial charge in [-0.2, -0.15) is 5.10 Å². The molecule has 0 saturated carbocycles. The van der Waals surface area contributed by atoms with Gasteiger partial charge in [0.2, 0.25) is 0 Å². The maximum atomic E-state index is 13.3. The third kappa shape index (κ3) is 4.99. The number of nitrogens with one attached hydrogen (secondary N) is 1. The van der Waals surface area contributed by atoms with Gasteiger partial charge < -0.3 is 10.1 Å². The largest absolute Gasteiger partial charge is 0.495 e. The maximum absolute atomic E-state index is 13.3. The van der Waals surface area contributed by atoms with E-state index in [-0.39, 0.29) is 12.6 Å². The summed E-state index contributed by atoms with van der Waals surface area (Å²) in [7, 11) is 1.56. The number of carbonyl (C=O) groups is 1. The summed E-state index contributed by atoms with van der Waals surface area (Å²) < 4.78 is 7.23. The fraction of sp³-hybridized carbons (Fsp3) is 0.348. The van der Waals surface area contributed by atoms with E-state index in [0.717, 1.165) is 42.9 Å². The quantitative estimate of drug-likeness (QED) is 0.592. The monoisotopic (exact) mass is 439 g/mol. The number of aryl methyl sites for hydroxylation is 3. The lowest BCUT2D eigenvalue weighted by molar-refractivity contribution is 0.256. The molecular weight excluding hydrogens is 414 g/mol. The van der Waals surface area contributed by atoms with Gasteiger partial charge in [-0.15, -0.1) is 0 Å². The van der Waals surface area contributed by atoms with Gasteiger partial charge >= 0.3 is 6.03 Å². The third-order valence-corrected chi connectivity index (χ3v) is 5.62. The van der Waals surface area contributed by atoms with Crippen molar-refractivity contribution < 1.29 is 9.53 Å². The minimum Gasteiger partial charge on any atom is -0.495 e. The van der Waals surface area contributed by atoms with E-state index in [4.69, 9.17) is 21.3 Å². The first-order valence-electron chi connectivity index (χ1n) is 10.4. The molecule has 0 spiro atoms. The normalized spacial score (nSPS) is 13.3. The summed E-state index contributed by atoms with van der Waals surface area (Å²) in [5.41, 5.74) is 2.43. The van der Waals surface area contributed by atoms with E-state index in [2.05, 4.69) is 10.4 Å². The Morgan fingerprint density at radius 3 is 2.87 bits per heavy atom. The van der Waals surface area contributed by atoms with Crippen molar-refractivity contribution in [2.75, 3.05) is 17.3 Å². The van der Waals surface area contributed by atoms with Crippen molar-refractivity contribution in [3.05, 3.63) is 64.7 Å². The fourth-order valence-electron chi connectivity index (χ4n) is 3.74. The summed E-state index contributed by atoms with van der Waals surface area (Å²) in [4.78, 5) is 19.6. The number of halogens is 1. The Labute approximate surface area is 187 Å². The highest BCUT2D eigenvalue weighted by atomic mass is 35.5. The summed E-state index contributed by atoms with van der Waals surface area (Å²) in [5, 5.41) is 8.07. The Morgan fingerprint density at radius 2 is 2.10 bits per heavy atom. The Hall–Kier alpha value is -3.06. The minimum atomic E-state index is -0.281. The van der Waals surface area contributed by atoms with Gasteiger partial charge in [0, 0.05) is 24.3 Å². The number of aromatic nitrogens is 3. The van der Waals surface area contributed by atoms with Crippen molar-refractivity contribution in [2.24, 2.45) is 0 Å². The van der Waals surface area contributed by atoms with Crippen LogP contribution in [0.4, 0.5) is 16.2 Å². The molecule has 31 heavy (non-hydrogen) atoms. The molecule has 1 aromatic heterocycles. The first-order chi connectivity index (χ1) is 15.0. The molecule has 0 fully saturated rings. The van der Waals surface area contributed by atoms with Crippen LogP contribution in [0.1, 0.15) is 36.5 Å². The topological polar surface area (TPSA) is 72.3 Å². The standard InChI is InChI=1S/C23H26ClN5O2/c1-16-7-6-8-17(13-16)25-23(30)28(18-10-11-20(31-2)19(24)14-18)15-21-26-22-9-4-3-5-12-29(22)27-21/h6-8,10-11,13-14H,3-5,9,12,15H2,1-2H3,(H,25,30). The molecule has 0 radical (unpaired) electrons. The van der Waals surface area contributed by atoms with Crippen LogP contribution in [-0.4, -0.2) is 27.9 Å². The van der Waals surface area contributed by atoms with Crippen molar-refractivity contribution in [1.82, 2.24) is 14.8 Å². The summed E-state index contributed by atoms with van der Waals surface area (Å²) in [6.07, 6.45) is 4.32. The fourth-order valence-corrected chi connectivity index (χ4v) is 3.99. The van der Waals surface area contributed by atoms with Gasteiger partial charge in [-0.1, -0.05) is 30.2 Å². The number of nitrogens with zero attached hydrogens (tertiary/aromatic N) is 4. The molecule has 0 bridgehead atoms. The summed E-state index contributed by atoms with van der Waals surface area (Å²) in [6.45, 7) is 3.09. The number of methoxy groups -OCH3 is 1. The maximum Gasteiger partial charge on any atom is 0.326 e. The lowest BCUT2D eigenvalue weighted by Gasteiger charge is -2.23. The zero-order valence-corrected chi connectivity index (χ0v) is 18.5. The van der Waals surface area contributed by atoms with Gasteiger partial charge in [0.05, 0.1) is 18.7 Å². The van der Waals surface area contributed by atoms with Crippen molar-refractivity contribution in [2.45, 2.75) is 45.7 Å². The van der Waals surface area contributed by atoms with E-state index in [0.29, 0.717) is 22.3 Å². The van der Waals surface area contributed by atoms with Crippen molar-refractivity contribution in [1.29, 1.82) is 0 Å². The van der Waals surface area contributed by atoms with Crippen molar-refractivity contribution in [3.8, 4) is 5.75 Å². The molecule has 2 amide bonds. The highest BCUT2D eigenvalue weighted by Crippen LogP contribution is 2.30. The van der Waals surface area contributed by atoms with E-state index in [1.54, 1.807) is 24.1 Å². The zero-order chi connectivity index (χ0) is 21.8. The van der Waals surface area contributed by atoms with Crippen LogP contribution < -0.4 is 15.0 Å². The second-order valence-corrected chi connectivity index (χ2v) is 8.09. The summed E-state index contributed by atoms with van der Waals surface area (Å²) >= 11 is 6.34. The number of hydrogen-bond donors (Lipinski definition) is 1. The van der Waals surface area contributed by atoms with Crippen LogP contribution in [0.3, 0.4) is 0 Å². The first kappa shape index (κ1) is 21.2. The zero-order valence-electron chi connectivity index (χ0n) is 17.8. The second kappa shape index (κ2) is 9.39. The summed E-state index contributed by atoms with van der Waals surface area (Å²) in [5.74, 6) is 2.15. The number of fused-ring (bicyclic) bond motifs is 1. The van der Waals surface area contributed by atoms with E-state index < -0.39 is 0 Å². The molecule has 7 nitrogen and oxygen atoms in total. The molecule has 4 rings (SSSR count). The number of rotatable bonds is 5. The number of ether oxygens (including phenoxy) is 1. The molecule has 0 unspecified atom stereocenters. The molecule has 1 N–H and O–H groups in total. The predicted molar refractivity (Wildman–Crippen MR) is 122 cm³/mol. The number of carbonyl (C=O) groups excluding carboxylic acids is 1. The molecule has 2 heterocycles. The van der Waals surface area contributed by atoms with Crippen molar-refractivity contribution in [3.63, 3.8) is 0 Å². The number of urea groups is 1. The SMILES string of the molecule is COc1ccc(N(Cc2nc3n(n2)CCCCC3)C(=O)Nc2cccc(C)c2)cc1Cl. The predicted octanol–water partition coefficient (Wildman–Crippen LogP) is 5.21. The molecule has 1 aliphatic heterocycles.